The number of methoxy groups -OCH3 is 1. The largest absolute Gasteiger partial charge is 0.476 e. The first-order chi connectivity index (χ1) is 9.11. The second kappa shape index (κ2) is 5.79. The second-order valence-electron chi connectivity index (χ2n) is 4.53. The molecule has 19 heavy (non-hydrogen) atoms. The van der Waals surface area contributed by atoms with Crippen molar-refractivity contribution in [3.63, 3.8) is 0 Å². The highest BCUT2D eigenvalue weighted by Crippen LogP contribution is 2.27. The molecule has 0 radical (unpaired) electrons. The number of carbonyl (C=O) groups is 2. The Balaban J connectivity index is 2.01. The molecule has 1 aliphatic rings. The van der Waals surface area contributed by atoms with Gasteiger partial charge in [-0.05, 0) is 18.8 Å². The molecule has 0 bridgehead atoms. The maximum absolute atomic E-state index is 11.7. The van der Waals surface area contributed by atoms with E-state index in [0.29, 0.717) is 12.5 Å². The van der Waals surface area contributed by atoms with E-state index in [1.54, 1.807) is 0 Å². The average molecular weight is 268 g/mol. The van der Waals surface area contributed by atoms with Crippen molar-refractivity contribution in [2.75, 3.05) is 13.7 Å². The van der Waals surface area contributed by atoms with Gasteiger partial charge in [-0.25, -0.2) is 9.48 Å². The summed E-state index contributed by atoms with van der Waals surface area (Å²) in [6, 6.07) is 0. The number of nitrogens with one attached hydrogen (secondary N) is 1. The van der Waals surface area contributed by atoms with Crippen molar-refractivity contribution in [1.82, 2.24) is 20.3 Å². The fraction of sp³-hybridized carbons (Fsp3) is 0.636. The van der Waals surface area contributed by atoms with Gasteiger partial charge in [0, 0.05) is 13.7 Å². The van der Waals surface area contributed by atoms with Crippen LogP contribution in [-0.2, 0) is 22.7 Å². The number of carboxylic acid groups (broad SMARTS) is 1. The fourth-order valence-electron chi connectivity index (χ4n) is 1.68. The van der Waals surface area contributed by atoms with Gasteiger partial charge in [-0.2, -0.15) is 0 Å². The van der Waals surface area contributed by atoms with Gasteiger partial charge in [-0.1, -0.05) is 5.21 Å². The van der Waals surface area contributed by atoms with Crippen LogP contribution in [0.4, 0.5) is 0 Å². The first kappa shape index (κ1) is 13.5. The highest BCUT2D eigenvalue weighted by Gasteiger charge is 2.23. The number of hydrogen-bond donors (Lipinski definition) is 2. The van der Waals surface area contributed by atoms with Gasteiger partial charge in [-0.3, -0.25) is 4.79 Å². The molecule has 2 rings (SSSR count). The summed E-state index contributed by atoms with van der Waals surface area (Å²) in [7, 11) is 1.44. The van der Waals surface area contributed by atoms with E-state index in [4.69, 9.17) is 9.84 Å². The number of nitrogens with zero attached hydrogens (tertiary/aromatic N) is 3. The summed E-state index contributed by atoms with van der Waals surface area (Å²) < 4.78 is 6.17. The van der Waals surface area contributed by atoms with Gasteiger partial charge in [0.05, 0.1) is 12.3 Å². The standard InChI is InChI=1S/C11H16N4O4/c1-19-6-8-10(11(17)18)13-14-15(8)5-9(16)12-4-7-2-3-7/h7H,2-6H2,1H3,(H,12,16)(H,17,18). The third kappa shape index (κ3) is 3.50. The van der Waals surface area contributed by atoms with Crippen LogP contribution in [0.15, 0.2) is 0 Å². The van der Waals surface area contributed by atoms with Crippen molar-refractivity contribution in [2.45, 2.75) is 26.0 Å². The van der Waals surface area contributed by atoms with Crippen molar-refractivity contribution in [3.8, 4) is 0 Å². The molecule has 1 aromatic heterocycles. The molecule has 0 unspecified atom stereocenters. The van der Waals surface area contributed by atoms with Crippen LogP contribution in [-0.4, -0.2) is 45.6 Å². The molecule has 1 amide bonds. The van der Waals surface area contributed by atoms with E-state index in [1.165, 1.54) is 11.8 Å². The number of hydrogen-bond acceptors (Lipinski definition) is 5. The normalized spacial score (nSPS) is 14.4. The summed E-state index contributed by atoms with van der Waals surface area (Å²) in [5.74, 6) is -0.796. The Morgan fingerprint density at radius 2 is 2.26 bits per heavy atom. The Morgan fingerprint density at radius 1 is 1.53 bits per heavy atom. The van der Waals surface area contributed by atoms with Crippen molar-refractivity contribution in [3.05, 3.63) is 11.4 Å². The lowest BCUT2D eigenvalue weighted by atomic mass is 10.3. The molecule has 0 saturated heterocycles. The minimum Gasteiger partial charge on any atom is -0.476 e. The predicted octanol–water partition coefficient (Wildman–Crippen LogP) is -0.351. The van der Waals surface area contributed by atoms with E-state index in [9.17, 15) is 9.59 Å². The smallest absolute Gasteiger partial charge is 0.358 e. The third-order valence-electron chi connectivity index (χ3n) is 2.90. The molecule has 1 aromatic rings. The lowest BCUT2D eigenvalue weighted by Crippen LogP contribution is -2.30. The van der Waals surface area contributed by atoms with Crippen molar-refractivity contribution >= 4 is 11.9 Å². The van der Waals surface area contributed by atoms with E-state index in [2.05, 4.69) is 15.6 Å². The van der Waals surface area contributed by atoms with Gasteiger partial charge in [0.15, 0.2) is 5.69 Å². The quantitative estimate of drug-likeness (QED) is 0.700. The number of aromatic carboxylic acids is 1. The number of aromatic nitrogens is 3. The lowest BCUT2D eigenvalue weighted by molar-refractivity contribution is -0.122. The van der Waals surface area contributed by atoms with Gasteiger partial charge in [0.1, 0.15) is 6.54 Å². The van der Waals surface area contributed by atoms with Crippen LogP contribution in [0.25, 0.3) is 0 Å². The SMILES string of the molecule is COCc1c(C(=O)O)nnn1CC(=O)NCC1CC1. The summed E-state index contributed by atoms with van der Waals surface area (Å²) >= 11 is 0. The number of carboxylic acids is 1. The molecular weight excluding hydrogens is 252 g/mol. The molecule has 104 valence electrons. The van der Waals surface area contributed by atoms with Gasteiger partial charge in [-0.15, -0.1) is 5.10 Å². The highest BCUT2D eigenvalue weighted by molar-refractivity contribution is 5.86. The fourth-order valence-corrected chi connectivity index (χ4v) is 1.68. The average Bonchev–Trinajstić information content (AvgIpc) is 3.11. The Hall–Kier alpha value is -1.96. The number of carbonyl (C=O) groups excluding carboxylic acids is 1. The predicted molar refractivity (Wildman–Crippen MR) is 63.4 cm³/mol. The van der Waals surface area contributed by atoms with E-state index in [-0.39, 0.29) is 30.4 Å². The number of rotatable bonds is 7. The topological polar surface area (TPSA) is 106 Å². The maximum Gasteiger partial charge on any atom is 0.358 e. The minimum atomic E-state index is -1.18. The van der Waals surface area contributed by atoms with E-state index < -0.39 is 5.97 Å². The van der Waals surface area contributed by atoms with Crippen molar-refractivity contribution in [2.24, 2.45) is 5.92 Å². The van der Waals surface area contributed by atoms with Gasteiger partial charge >= 0.3 is 5.97 Å². The maximum atomic E-state index is 11.7. The van der Waals surface area contributed by atoms with Crippen LogP contribution in [0.1, 0.15) is 29.0 Å². The molecule has 0 aromatic carbocycles. The molecule has 8 nitrogen and oxygen atoms in total. The van der Waals surface area contributed by atoms with Crippen LogP contribution in [0.3, 0.4) is 0 Å². The lowest BCUT2D eigenvalue weighted by Gasteiger charge is -2.07. The summed E-state index contributed by atoms with van der Waals surface area (Å²) in [6.45, 7) is 0.662. The number of amides is 1. The Morgan fingerprint density at radius 3 is 2.84 bits per heavy atom. The van der Waals surface area contributed by atoms with Crippen LogP contribution in [0.5, 0.6) is 0 Å². The summed E-state index contributed by atoms with van der Waals surface area (Å²) in [4.78, 5) is 22.6. The summed E-state index contributed by atoms with van der Waals surface area (Å²) in [5.41, 5.74) is 0.105. The molecular formula is C11H16N4O4. The second-order valence-corrected chi connectivity index (χ2v) is 4.53. The van der Waals surface area contributed by atoms with Crippen LogP contribution in [0.2, 0.25) is 0 Å². The highest BCUT2D eigenvalue weighted by atomic mass is 16.5. The first-order valence-corrected chi connectivity index (χ1v) is 6.03. The Labute approximate surface area is 109 Å². The van der Waals surface area contributed by atoms with Gasteiger partial charge < -0.3 is 15.2 Å². The van der Waals surface area contributed by atoms with Crippen LogP contribution >= 0.6 is 0 Å². The molecule has 2 N–H and O–H groups in total. The molecule has 0 spiro atoms. The summed E-state index contributed by atoms with van der Waals surface area (Å²) in [5, 5.41) is 19.0. The zero-order chi connectivity index (χ0) is 13.8. The molecule has 1 aliphatic carbocycles. The van der Waals surface area contributed by atoms with Crippen LogP contribution < -0.4 is 5.32 Å². The molecule has 1 heterocycles. The zero-order valence-corrected chi connectivity index (χ0v) is 10.6. The monoisotopic (exact) mass is 268 g/mol. The minimum absolute atomic E-state index is 0.0462. The third-order valence-corrected chi connectivity index (χ3v) is 2.90. The van der Waals surface area contributed by atoms with Crippen LogP contribution in [0, 0.1) is 5.92 Å². The number of ether oxygens (including phenoxy) is 1. The Bertz CT molecular complexity index is 481. The van der Waals surface area contributed by atoms with Gasteiger partial charge in [0.25, 0.3) is 0 Å². The van der Waals surface area contributed by atoms with Crippen molar-refractivity contribution in [1.29, 1.82) is 0 Å². The first-order valence-electron chi connectivity index (χ1n) is 6.03. The van der Waals surface area contributed by atoms with E-state index >= 15 is 0 Å². The molecule has 8 heteroatoms. The Kier molecular flexibility index (Phi) is 4.10. The molecule has 1 saturated carbocycles. The zero-order valence-electron chi connectivity index (χ0n) is 10.6. The van der Waals surface area contributed by atoms with Crippen molar-refractivity contribution < 1.29 is 19.4 Å². The van der Waals surface area contributed by atoms with Gasteiger partial charge in [0.2, 0.25) is 5.91 Å². The molecule has 1 fully saturated rings. The summed E-state index contributed by atoms with van der Waals surface area (Å²) in [6.07, 6.45) is 2.31. The molecule has 0 atom stereocenters. The molecule has 0 aliphatic heterocycles. The van der Waals surface area contributed by atoms with E-state index in [0.717, 1.165) is 12.8 Å². The van der Waals surface area contributed by atoms with E-state index in [1.807, 2.05) is 0 Å².